The van der Waals surface area contributed by atoms with Crippen LogP contribution >= 0.6 is 0 Å². The van der Waals surface area contributed by atoms with Crippen LogP contribution in [-0.2, 0) is 9.47 Å². The summed E-state index contributed by atoms with van der Waals surface area (Å²) in [6.45, 7) is 4.11. The maximum absolute atomic E-state index is 11.7. The SMILES string of the molecule is C=C[C@@H](OC(=O)c1ccc([N+](=O)[O-])cc1)[C@H]1CO1. The van der Waals surface area contributed by atoms with Crippen LogP contribution in [0.25, 0.3) is 0 Å². The van der Waals surface area contributed by atoms with E-state index < -0.39 is 17.0 Å². The van der Waals surface area contributed by atoms with Gasteiger partial charge in [0.25, 0.3) is 5.69 Å². The van der Waals surface area contributed by atoms with Crippen molar-refractivity contribution in [2.24, 2.45) is 0 Å². The van der Waals surface area contributed by atoms with Crippen molar-refractivity contribution >= 4 is 11.7 Å². The van der Waals surface area contributed by atoms with E-state index in [-0.39, 0.29) is 17.4 Å². The molecule has 0 radical (unpaired) electrons. The van der Waals surface area contributed by atoms with Crippen molar-refractivity contribution in [2.45, 2.75) is 12.2 Å². The molecule has 0 unspecified atom stereocenters. The van der Waals surface area contributed by atoms with E-state index in [4.69, 9.17) is 9.47 Å². The maximum Gasteiger partial charge on any atom is 0.338 e. The van der Waals surface area contributed by atoms with Gasteiger partial charge in [-0.15, -0.1) is 0 Å². The molecule has 0 amide bonds. The van der Waals surface area contributed by atoms with Crippen LogP contribution in [0.1, 0.15) is 10.4 Å². The minimum Gasteiger partial charge on any atom is -0.452 e. The third kappa shape index (κ3) is 2.72. The van der Waals surface area contributed by atoms with Crippen molar-refractivity contribution in [2.75, 3.05) is 6.61 Å². The van der Waals surface area contributed by atoms with Crippen molar-refractivity contribution < 1.29 is 19.2 Å². The molecule has 1 saturated heterocycles. The molecule has 0 spiro atoms. The summed E-state index contributed by atoms with van der Waals surface area (Å²) in [6, 6.07) is 5.23. The fraction of sp³-hybridized carbons (Fsp3) is 0.250. The first kappa shape index (κ1) is 12.3. The molecular formula is C12H11NO5. The van der Waals surface area contributed by atoms with Crippen molar-refractivity contribution in [3.8, 4) is 0 Å². The Balaban J connectivity index is 2.03. The molecule has 1 aliphatic heterocycles. The van der Waals surface area contributed by atoms with Gasteiger partial charge in [0.05, 0.1) is 17.1 Å². The zero-order valence-corrected chi connectivity index (χ0v) is 9.44. The third-order valence-corrected chi connectivity index (χ3v) is 2.51. The van der Waals surface area contributed by atoms with E-state index in [0.717, 1.165) is 0 Å². The minimum absolute atomic E-state index is 0.0719. The molecule has 6 heteroatoms. The van der Waals surface area contributed by atoms with Gasteiger partial charge in [-0.3, -0.25) is 10.1 Å². The van der Waals surface area contributed by atoms with E-state index in [1.807, 2.05) is 0 Å². The topological polar surface area (TPSA) is 82.0 Å². The van der Waals surface area contributed by atoms with Crippen LogP contribution in [0.15, 0.2) is 36.9 Å². The average Bonchev–Trinajstić information content (AvgIpc) is 3.20. The van der Waals surface area contributed by atoms with Crippen LogP contribution in [0.4, 0.5) is 5.69 Å². The zero-order valence-electron chi connectivity index (χ0n) is 9.44. The van der Waals surface area contributed by atoms with Gasteiger partial charge in [0.2, 0.25) is 0 Å². The highest BCUT2D eigenvalue weighted by molar-refractivity contribution is 5.89. The first-order valence-electron chi connectivity index (χ1n) is 5.31. The molecule has 2 rings (SSSR count). The maximum atomic E-state index is 11.7. The van der Waals surface area contributed by atoms with E-state index >= 15 is 0 Å². The molecule has 6 nitrogen and oxygen atoms in total. The second-order valence-electron chi connectivity index (χ2n) is 3.78. The lowest BCUT2D eigenvalue weighted by Gasteiger charge is -2.11. The predicted octanol–water partition coefficient (Wildman–Crippen LogP) is 1.70. The number of hydrogen-bond donors (Lipinski definition) is 0. The molecule has 1 aromatic rings. The highest BCUT2D eigenvalue weighted by Gasteiger charge is 2.33. The molecule has 1 heterocycles. The van der Waals surface area contributed by atoms with E-state index in [1.165, 1.54) is 30.3 Å². The Hall–Kier alpha value is -2.21. The number of epoxide rings is 1. The van der Waals surface area contributed by atoms with Crippen molar-refractivity contribution in [1.29, 1.82) is 0 Å². The fourth-order valence-electron chi connectivity index (χ4n) is 1.43. The minimum atomic E-state index is -0.551. The highest BCUT2D eigenvalue weighted by atomic mass is 16.6. The quantitative estimate of drug-likeness (QED) is 0.261. The number of rotatable bonds is 5. The second kappa shape index (κ2) is 4.97. The van der Waals surface area contributed by atoms with Crippen molar-refractivity contribution in [1.82, 2.24) is 0 Å². The van der Waals surface area contributed by atoms with Gasteiger partial charge in [-0.05, 0) is 18.2 Å². The van der Waals surface area contributed by atoms with E-state index in [1.54, 1.807) is 0 Å². The molecule has 1 aliphatic rings. The number of non-ortho nitro benzene ring substituents is 1. The third-order valence-electron chi connectivity index (χ3n) is 2.51. The molecule has 2 atom stereocenters. The first-order chi connectivity index (χ1) is 8.61. The smallest absolute Gasteiger partial charge is 0.338 e. The number of nitro benzene ring substituents is 1. The van der Waals surface area contributed by atoms with Gasteiger partial charge in [-0.25, -0.2) is 4.79 Å². The molecule has 18 heavy (non-hydrogen) atoms. The molecular weight excluding hydrogens is 238 g/mol. The van der Waals surface area contributed by atoms with Gasteiger partial charge < -0.3 is 9.47 Å². The van der Waals surface area contributed by atoms with Gasteiger partial charge in [-0.1, -0.05) is 6.58 Å². The number of nitro groups is 1. The number of ether oxygens (including phenoxy) is 2. The van der Waals surface area contributed by atoms with Crippen LogP contribution in [0.5, 0.6) is 0 Å². The summed E-state index contributed by atoms with van der Waals surface area (Å²) in [5.41, 5.74) is 0.186. The van der Waals surface area contributed by atoms with Crippen LogP contribution < -0.4 is 0 Å². The summed E-state index contributed by atoms with van der Waals surface area (Å²) < 4.78 is 10.2. The molecule has 0 aromatic heterocycles. The van der Waals surface area contributed by atoms with Gasteiger partial charge in [0, 0.05) is 12.1 Å². The molecule has 1 aromatic carbocycles. The lowest BCUT2D eigenvalue weighted by Crippen LogP contribution is -2.21. The van der Waals surface area contributed by atoms with E-state index in [9.17, 15) is 14.9 Å². The Labute approximate surface area is 103 Å². The Kier molecular flexibility index (Phi) is 3.38. The first-order valence-corrected chi connectivity index (χ1v) is 5.31. The van der Waals surface area contributed by atoms with Gasteiger partial charge in [0.15, 0.2) is 0 Å². The Morgan fingerprint density at radius 3 is 2.61 bits per heavy atom. The highest BCUT2D eigenvalue weighted by Crippen LogP contribution is 2.20. The lowest BCUT2D eigenvalue weighted by atomic mass is 10.2. The average molecular weight is 249 g/mol. The molecule has 0 aliphatic carbocycles. The fourth-order valence-corrected chi connectivity index (χ4v) is 1.43. The summed E-state index contributed by atoms with van der Waals surface area (Å²) in [6.07, 6.45) is 0.901. The molecule has 0 bridgehead atoms. The number of esters is 1. The van der Waals surface area contributed by atoms with E-state index in [2.05, 4.69) is 6.58 Å². The number of carbonyl (C=O) groups excluding carboxylic acids is 1. The van der Waals surface area contributed by atoms with Crippen LogP contribution in [0.2, 0.25) is 0 Å². The standard InChI is InChI=1S/C12H11NO5/c1-2-10(11-7-17-11)18-12(14)8-3-5-9(6-4-8)13(15)16/h2-6,10-11H,1,7H2/t10-,11-/m1/s1. The molecule has 0 saturated carbocycles. The summed E-state index contributed by atoms with van der Waals surface area (Å²) in [4.78, 5) is 21.7. The molecule has 94 valence electrons. The Morgan fingerprint density at radius 2 is 2.17 bits per heavy atom. The van der Waals surface area contributed by atoms with Gasteiger partial charge in [0.1, 0.15) is 12.2 Å². The number of nitrogens with zero attached hydrogens (tertiary/aromatic N) is 1. The summed E-state index contributed by atoms with van der Waals surface area (Å²) in [5.74, 6) is -0.551. The van der Waals surface area contributed by atoms with Crippen molar-refractivity contribution in [3.05, 3.63) is 52.6 Å². The number of benzene rings is 1. The van der Waals surface area contributed by atoms with Gasteiger partial charge in [-0.2, -0.15) is 0 Å². The molecule has 1 fully saturated rings. The largest absolute Gasteiger partial charge is 0.452 e. The second-order valence-corrected chi connectivity index (χ2v) is 3.78. The van der Waals surface area contributed by atoms with Crippen molar-refractivity contribution in [3.63, 3.8) is 0 Å². The Morgan fingerprint density at radius 1 is 1.56 bits per heavy atom. The number of hydrogen-bond acceptors (Lipinski definition) is 5. The summed E-state index contributed by atoms with van der Waals surface area (Å²) >= 11 is 0. The van der Waals surface area contributed by atoms with Gasteiger partial charge >= 0.3 is 5.97 Å². The summed E-state index contributed by atoms with van der Waals surface area (Å²) in [7, 11) is 0. The monoisotopic (exact) mass is 249 g/mol. The van der Waals surface area contributed by atoms with Crippen LogP contribution in [0.3, 0.4) is 0 Å². The molecule has 0 N–H and O–H groups in total. The summed E-state index contributed by atoms with van der Waals surface area (Å²) in [5, 5.41) is 10.5. The van der Waals surface area contributed by atoms with Crippen LogP contribution in [0, 0.1) is 10.1 Å². The normalized spacial score (nSPS) is 18.8. The van der Waals surface area contributed by atoms with E-state index in [0.29, 0.717) is 6.61 Å². The number of carbonyl (C=O) groups is 1. The Bertz CT molecular complexity index is 478. The lowest BCUT2D eigenvalue weighted by molar-refractivity contribution is -0.384. The van der Waals surface area contributed by atoms with Crippen LogP contribution in [-0.4, -0.2) is 29.7 Å². The zero-order chi connectivity index (χ0) is 13.1. The predicted molar refractivity (Wildman–Crippen MR) is 62.2 cm³/mol.